The van der Waals surface area contributed by atoms with Crippen molar-refractivity contribution in [1.29, 1.82) is 0 Å². The van der Waals surface area contributed by atoms with Crippen LogP contribution in [-0.4, -0.2) is 24.2 Å². The summed E-state index contributed by atoms with van der Waals surface area (Å²) in [6, 6.07) is 0. The average Bonchev–Trinajstić information content (AvgIpc) is 2.05. The molecule has 5 nitrogen and oxygen atoms in total. The molecule has 0 fully saturated rings. The summed E-state index contributed by atoms with van der Waals surface area (Å²) in [5.41, 5.74) is 4.76. The van der Waals surface area contributed by atoms with E-state index in [1.165, 1.54) is 0 Å². The minimum Gasteiger partial charge on any atom is -0.530 e. The molecule has 0 aliphatic carbocycles. The van der Waals surface area contributed by atoms with Crippen molar-refractivity contribution in [3.63, 3.8) is 0 Å². The van der Waals surface area contributed by atoms with Gasteiger partial charge < -0.3 is 10.2 Å². The van der Waals surface area contributed by atoms with Crippen molar-refractivity contribution in [2.45, 2.75) is 19.6 Å². The molecule has 0 aliphatic heterocycles. The molecule has 2 N–H and O–H groups in total. The zero-order chi connectivity index (χ0) is 11.6. The molecule has 1 amide bonds. The molecule has 1 heterocycles. The summed E-state index contributed by atoms with van der Waals surface area (Å²) in [5, 5.41) is 0. The van der Waals surface area contributed by atoms with Gasteiger partial charge in [0.1, 0.15) is 0 Å². The van der Waals surface area contributed by atoms with Crippen molar-refractivity contribution < 1.29 is 13.6 Å². The van der Waals surface area contributed by atoms with Crippen molar-refractivity contribution in [3.05, 3.63) is 17.8 Å². The first-order valence-corrected chi connectivity index (χ1v) is 7.72. The van der Waals surface area contributed by atoms with Crippen LogP contribution in [0.4, 0.5) is 4.39 Å². The van der Waals surface area contributed by atoms with Crippen LogP contribution >= 0.6 is 0 Å². The molecule has 0 radical (unpaired) electrons. The van der Waals surface area contributed by atoms with Crippen LogP contribution in [0.3, 0.4) is 0 Å². The van der Waals surface area contributed by atoms with Gasteiger partial charge in [-0.25, -0.2) is 9.97 Å². The molecule has 1 aromatic rings. The number of primary amides is 1. The van der Waals surface area contributed by atoms with Crippen LogP contribution in [0.5, 0.6) is 5.88 Å². The Morgan fingerprint density at radius 3 is 2.60 bits per heavy atom. The Labute approximate surface area is 87.6 Å². The highest BCUT2D eigenvalue weighted by Gasteiger charge is 2.22. The Morgan fingerprint density at radius 2 is 2.13 bits per heavy atom. The second-order valence-corrected chi connectivity index (χ2v) is 8.35. The van der Waals surface area contributed by atoms with E-state index in [0.717, 1.165) is 6.20 Å². The predicted molar refractivity (Wildman–Crippen MR) is 54.5 cm³/mol. The topological polar surface area (TPSA) is 78.1 Å². The number of rotatable bonds is 3. The average molecular weight is 229 g/mol. The minimum atomic E-state index is -1.93. The van der Waals surface area contributed by atoms with Gasteiger partial charge in [-0.2, -0.15) is 4.39 Å². The SMILES string of the molecule is C[Si](C)(C)Oc1ncc(F)nc1C(N)=O. The molecular formula is C8H12FN3O2Si. The fraction of sp³-hybridized carbons (Fsp3) is 0.375. The van der Waals surface area contributed by atoms with E-state index in [0.29, 0.717) is 0 Å². The number of nitrogens with two attached hydrogens (primary N) is 1. The van der Waals surface area contributed by atoms with Gasteiger partial charge in [0.15, 0.2) is 5.69 Å². The summed E-state index contributed by atoms with van der Waals surface area (Å²) >= 11 is 0. The first-order chi connectivity index (χ1) is 6.79. The van der Waals surface area contributed by atoms with Gasteiger partial charge in [-0.3, -0.25) is 4.79 Å². The molecule has 1 aromatic heterocycles. The van der Waals surface area contributed by atoms with Crippen molar-refractivity contribution in [2.75, 3.05) is 0 Å². The number of amides is 1. The number of nitrogens with zero attached hydrogens (tertiary/aromatic N) is 2. The van der Waals surface area contributed by atoms with Crippen molar-refractivity contribution in [2.24, 2.45) is 5.73 Å². The largest absolute Gasteiger partial charge is 0.530 e. The van der Waals surface area contributed by atoms with Gasteiger partial charge in [0.25, 0.3) is 5.91 Å². The maximum atomic E-state index is 12.7. The van der Waals surface area contributed by atoms with Crippen molar-refractivity contribution >= 4 is 14.2 Å². The highest BCUT2D eigenvalue weighted by atomic mass is 28.4. The smallest absolute Gasteiger partial charge is 0.273 e. The molecule has 0 spiro atoms. The van der Waals surface area contributed by atoms with Crippen LogP contribution in [0.15, 0.2) is 6.20 Å². The van der Waals surface area contributed by atoms with Gasteiger partial charge in [-0.15, -0.1) is 0 Å². The fourth-order valence-electron chi connectivity index (χ4n) is 0.882. The maximum Gasteiger partial charge on any atom is 0.273 e. The van der Waals surface area contributed by atoms with Crippen LogP contribution in [0, 0.1) is 5.95 Å². The maximum absolute atomic E-state index is 12.7. The number of hydrogen-bond donors (Lipinski definition) is 1. The molecule has 1 rings (SSSR count). The lowest BCUT2D eigenvalue weighted by molar-refractivity contribution is 0.0991. The van der Waals surface area contributed by atoms with Gasteiger partial charge in [-0.1, -0.05) is 0 Å². The number of hydrogen-bond acceptors (Lipinski definition) is 4. The summed E-state index contributed by atoms with van der Waals surface area (Å²) < 4.78 is 18.2. The number of halogens is 1. The van der Waals surface area contributed by atoms with Gasteiger partial charge in [-0.05, 0) is 19.6 Å². The van der Waals surface area contributed by atoms with Crippen molar-refractivity contribution in [1.82, 2.24) is 9.97 Å². The van der Waals surface area contributed by atoms with Crippen LogP contribution in [0.2, 0.25) is 19.6 Å². The quantitative estimate of drug-likeness (QED) is 0.782. The van der Waals surface area contributed by atoms with E-state index in [4.69, 9.17) is 10.2 Å². The lowest BCUT2D eigenvalue weighted by atomic mass is 10.4. The van der Waals surface area contributed by atoms with Crippen LogP contribution < -0.4 is 10.2 Å². The normalized spacial score (nSPS) is 11.2. The van der Waals surface area contributed by atoms with Gasteiger partial charge in [0.05, 0.1) is 6.20 Å². The summed E-state index contributed by atoms with van der Waals surface area (Å²) in [5.74, 6) is -1.70. The first kappa shape index (κ1) is 11.6. The predicted octanol–water partition coefficient (Wildman–Crippen LogP) is 0.928. The third-order valence-corrected chi connectivity index (χ3v) is 2.15. The van der Waals surface area contributed by atoms with Gasteiger partial charge in [0, 0.05) is 0 Å². The third-order valence-electron chi connectivity index (χ3n) is 1.35. The molecule has 0 bridgehead atoms. The fourth-order valence-corrected chi connectivity index (χ4v) is 1.61. The first-order valence-electron chi connectivity index (χ1n) is 4.31. The molecule has 82 valence electrons. The summed E-state index contributed by atoms with van der Waals surface area (Å²) in [7, 11) is -1.93. The molecule has 0 aliphatic rings. The van der Waals surface area contributed by atoms with Gasteiger partial charge >= 0.3 is 0 Å². The zero-order valence-corrected chi connectivity index (χ0v) is 9.74. The van der Waals surface area contributed by atoms with E-state index in [1.54, 1.807) is 0 Å². The second-order valence-electron chi connectivity index (χ2n) is 3.93. The van der Waals surface area contributed by atoms with E-state index in [-0.39, 0.29) is 11.6 Å². The lowest BCUT2D eigenvalue weighted by Crippen LogP contribution is -2.31. The monoisotopic (exact) mass is 229 g/mol. The van der Waals surface area contributed by atoms with Crippen LogP contribution in [-0.2, 0) is 0 Å². The van der Waals surface area contributed by atoms with E-state index in [9.17, 15) is 9.18 Å². The third kappa shape index (κ3) is 3.28. The lowest BCUT2D eigenvalue weighted by Gasteiger charge is -2.18. The van der Waals surface area contributed by atoms with E-state index in [2.05, 4.69) is 9.97 Å². The highest BCUT2D eigenvalue weighted by molar-refractivity contribution is 6.70. The number of aromatic nitrogens is 2. The van der Waals surface area contributed by atoms with Crippen LogP contribution in [0.25, 0.3) is 0 Å². The standard InChI is InChI=1S/C8H12FN3O2Si/c1-15(2,3)14-8-6(7(10)13)12-5(9)4-11-8/h4H,1-3H3,(H2,10,13). The minimum absolute atomic E-state index is 0.00284. The molecule has 0 unspecified atom stereocenters. The second kappa shape index (κ2) is 3.93. The Bertz CT molecular complexity index is 392. The summed E-state index contributed by atoms with van der Waals surface area (Å²) in [6.07, 6.45) is 0.891. The molecule has 0 atom stereocenters. The molecule has 7 heteroatoms. The number of carbonyl (C=O) groups excluding carboxylic acids is 1. The summed E-state index contributed by atoms with van der Waals surface area (Å²) in [4.78, 5) is 18.0. The molecule has 15 heavy (non-hydrogen) atoms. The Kier molecular flexibility index (Phi) is 3.03. The Hall–Kier alpha value is -1.50. The Balaban J connectivity index is 3.12. The molecule has 0 saturated carbocycles. The summed E-state index contributed by atoms with van der Waals surface area (Å²) in [6.45, 7) is 5.72. The van der Waals surface area contributed by atoms with E-state index in [1.807, 2.05) is 19.6 Å². The van der Waals surface area contributed by atoms with Gasteiger partial charge in [0.2, 0.25) is 20.1 Å². The van der Waals surface area contributed by atoms with Crippen LogP contribution in [0.1, 0.15) is 10.5 Å². The zero-order valence-electron chi connectivity index (χ0n) is 8.74. The molecule has 0 aromatic carbocycles. The van der Waals surface area contributed by atoms with E-state index < -0.39 is 20.2 Å². The molecular weight excluding hydrogens is 217 g/mol. The highest BCUT2D eigenvalue weighted by Crippen LogP contribution is 2.16. The number of carbonyl (C=O) groups is 1. The molecule has 0 saturated heterocycles. The Morgan fingerprint density at radius 1 is 1.53 bits per heavy atom. The van der Waals surface area contributed by atoms with Crippen molar-refractivity contribution in [3.8, 4) is 5.88 Å². The van der Waals surface area contributed by atoms with E-state index >= 15 is 0 Å².